The van der Waals surface area contributed by atoms with Crippen molar-refractivity contribution in [3.05, 3.63) is 53.6 Å². The van der Waals surface area contributed by atoms with Gasteiger partial charge in [-0.05, 0) is 31.2 Å². The van der Waals surface area contributed by atoms with Crippen molar-refractivity contribution in [3.8, 4) is 0 Å². The van der Waals surface area contributed by atoms with Gasteiger partial charge < -0.3 is 10.2 Å². The van der Waals surface area contributed by atoms with Crippen LogP contribution in [0.25, 0.3) is 0 Å². The molecule has 6 nitrogen and oxygen atoms in total. The number of sulfonamides is 1. The molecule has 2 aromatic carbocycles. The van der Waals surface area contributed by atoms with Gasteiger partial charge in [0.2, 0.25) is 10.0 Å². The number of nitrogens with zero attached hydrogens (tertiary/aromatic N) is 1. The fraction of sp³-hybridized carbons (Fsp3) is 0.188. The lowest BCUT2D eigenvalue weighted by Crippen LogP contribution is -2.12. The summed E-state index contributed by atoms with van der Waals surface area (Å²) in [6.07, 6.45) is 1.00. The minimum absolute atomic E-state index is 0.00330. The molecule has 0 saturated heterocycles. The zero-order valence-corrected chi connectivity index (χ0v) is 14.6. The van der Waals surface area contributed by atoms with Crippen molar-refractivity contribution in [1.29, 1.82) is 0 Å². The number of oxime groups is 1. The number of rotatable bonds is 6. The standard InChI is InChI=1S/C16H17F2N3O3S/c1-10(20-24-2)11-4-6-15(21-25(3,22)23)16(8-11)19-14-7-5-12(17)9-13(14)18/h4-9,19,21H,1-3H3. The summed E-state index contributed by atoms with van der Waals surface area (Å²) < 4.78 is 52.4. The first-order valence-electron chi connectivity index (χ1n) is 7.11. The monoisotopic (exact) mass is 369 g/mol. The van der Waals surface area contributed by atoms with E-state index >= 15 is 0 Å². The quantitative estimate of drug-likeness (QED) is 0.604. The summed E-state index contributed by atoms with van der Waals surface area (Å²) in [5, 5.41) is 6.57. The van der Waals surface area contributed by atoms with Crippen molar-refractivity contribution in [2.24, 2.45) is 5.16 Å². The van der Waals surface area contributed by atoms with Gasteiger partial charge in [-0.1, -0.05) is 11.2 Å². The maximum atomic E-state index is 13.9. The average Bonchev–Trinajstić information content (AvgIpc) is 2.50. The predicted molar refractivity (Wildman–Crippen MR) is 93.8 cm³/mol. The zero-order valence-electron chi connectivity index (χ0n) is 13.8. The summed E-state index contributed by atoms with van der Waals surface area (Å²) in [6.45, 7) is 1.70. The van der Waals surface area contributed by atoms with E-state index in [4.69, 9.17) is 4.84 Å². The molecule has 0 heterocycles. The molecule has 0 amide bonds. The first kappa shape index (κ1) is 18.7. The smallest absolute Gasteiger partial charge is 0.229 e. The molecule has 2 N–H and O–H groups in total. The minimum Gasteiger partial charge on any atom is -0.399 e. The maximum Gasteiger partial charge on any atom is 0.229 e. The normalized spacial score (nSPS) is 12.0. The highest BCUT2D eigenvalue weighted by molar-refractivity contribution is 7.92. The molecular weight excluding hydrogens is 352 g/mol. The third kappa shape index (κ3) is 5.15. The highest BCUT2D eigenvalue weighted by Crippen LogP contribution is 2.29. The Hall–Kier alpha value is -2.68. The molecule has 0 fully saturated rings. The van der Waals surface area contributed by atoms with E-state index in [0.29, 0.717) is 11.3 Å². The van der Waals surface area contributed by atoms with E-state index in [1.54, 1.807) is 19.1 Å². The van der Waals surface area contributed by atoms with E-state index in [9.17, 15) is 17.2 Å². The SMILES string of the molecule is CON=C(C)c1ccc(NS(C)(=O)=O)c(Nc2ccc(F)cc2F)c1. The Labute approximate surface area is 144 Å². The Morgan fingerprint density at radius 1 is 1.08 bits per heavy atom. The van der Waals surface area contributed by atoms with Crippen molar-refractivity contribution in [3.63, 3.8) is 0 Å². The molecule has 0 aliphatic carbocycles. The Morgan fingerprint density at radius 3 is 2.36 bits per heavy atom. The molecule has 2 aromatic rings. The molecule has 2 rings (SSSR count). The maximum absolute atomic E-state index is 13.9. The van der Waals surface area contributed by atoms with Gasteiger partial charge in [-0.2, -0.15) is 0 Å². The summed E-state index contributed by atoms with van der Waals surface area (Å²) in [7, 11) is -2.15. The number of hydrogen-bond acceptors (Lipinski definition) is 5. The molecular formula is C16H17F2N3O3S. The van der Waals surface area contributed by atoms with Crippen LogP contribution >= 0.6 is 0 Å². The third-order valence-electron chi connectivity index (χ3n) is 3.16. The largest absolute Gasteiger partial charge is 0.399 e. The number of hydrogen-bond donors (Lipinski definition) is 2. The van der Waals surface area contributed by atoms with Gasteiger partial charge in [0.1, 0.15) is 18.7 Å². The second-order valence-corrected chi connectivity index (χ2v) is 6.99. The fourth-order valence-corrected chi connectivity index (χ4v) is 2.66. The summed E-state index contributed by atoms with van der Waals surface area (Å²) in [5.74, 6) is -1.52. The fourth-order valence-electron chi connectivity index (χ4n) is 2.09. The van der Waals surface area contributed by atoms with Crippen LogP contribution in [0.1, 0.15) is 12.5 Å². The van der Waals surface area contributed by atoms with Crippen LogP contribution in [0.3, 0.4) is 0 Å². The van der Waals surface area contributed by atoms with Crippen molar-refractivity contribution in [2.45, 2.75) is 6.92 Å². The van der Waals surface area contributed by atoms with Gasteiger partial charge in [0.05, 0.1) is 29.0 Å². The van der Waals surface area contributed by atoms with E-state index in [2.05, 4.69) is 15.2 Å². The molecule has 0 unspecified atom stereocenters. The van der Waals surface area contributed by atoms with Crippen molar-refractivity contribution in [1.82, 2.24) is 0 Å². The van der Waals surface area contributed by atoms with Gasteiger partial charge >= 0.3 is 0 Å². The molecule has 0 bridgehead atoms. The van der Waals surface area contributed by atoms with Crippen LogP contribution in [0.5, 0.6) is 0 Å². The van der Waals surface area contributed by atoms with E-state index in [1.165, 1.54) is 19.2 Å². The van der Waals surface area contributed by atoms with E-state index in [0.717, 1.165) is 18.4 Å². The predicted octanol–water partition coefficient (Wildman–Crippen LogP) is 3.45. The second kappa shape index (κ2) is 7.47. The molecule has 9 heteroatoms. The third-order valence-corrected chi connectivity index (χ3v) is 3.75. The molecule has 0 aromatic heterocycles. The van der Waals surface area contributed by atoms with Crippen LogP contribution in [-0.4, -0.2) is 27.5 Å². The van der Waals surface area contributed by atoms with E-state index in [1.807, 2.05) is 0 Å². The van der Waals surface area contributed by atoms with Gasteiger partial charge in [-0.3, -0.25) is 4.72 Å². The Morgan fingerprint density at radius 2 is 1.76 bits per heavy atom. The Kier molecular flexibility index (Phi) is 5.58. The molecule has 25 heavy (non-hydrogen) atoms. The van der Waals surface area contributed by atoms with Crippen LogP contribution in [0.2, 0.25) is 0 Å². The van der Waals surface area contributed by atoms with Gasteiger partial charge in [-0.15, -0.1) is 0 Å². The first-order chi connectivity index (χ1) is 11.7. The second-order valence-electron chi connectivity index (χ2n) is 5.24. The lowest BCUT2D eigenvalue weighted by molar-refractivity contribution is 0.213. The van der Waals surface area contributed by atoms with Gasteiger partial charge in [0.25, 0.3) is 0 Å². The Balaban J connectivity index is 2.49. The highest BCUT2D eigenvalue weighted by atomic mass is 32.2. The van der Waals surface area contributed by atoms with Crippen LogP contribution in [0.15, 0.2) is 41.6 Å². The summed E-state index contributed by atoms with van der Waals surface area (Å²) in [4.78, 5) is 4.71. The molecule has 0 aliphatic rings. The van der Waals surface area contributed by atoms with Gasteiger partial charge in [0, 0.05) is 11.6 Å². The van der Waals surface area contributed by atoms with E-state index < -0.39 is 21.7 Å². The molecule has 0 spiro atoms. The first-order valence-corrected chi connectivity index (χ1v) is 9.01. The van der Waals surface area contributed by atoms with Crippen molar-refractivity contribution in [2.75, 3.05) is 23.4 Å². The summed E-state index contributed by atoms with van der Waals surface area (Å²) in [5.41, 5.74) is 1.65. The highest BCUT2D eigenvalue weighted by Gasteiger charge is 2.12. The number of anilines is 3. The molecule has 0 saturated carbocycles. The van der Waals surface area contributed by atoms with E-state index in [-0.39, 0.29) is 17.1 Å². The van der Waals surface area contributed by atoms with Crippen molar-refractivity contribution >= 4 is 32.8 Å². The molecule has 0 radical (unpaired) electrons. The molecule has 0 atom stereocenters. The Bertz CT molecular complexity index is 915. The van der Waals surface area contributed by atoms with Crippen LogP contribution in [0, 0.1) is 11.6 Å². The number of nitrogens with one attached hydrogen (secondary N) is 2. The van der Waals surface area contributed by atoms with Gasteiger partial charge in [-0.25, -0.2) is 17.2 Å². The molecule has 134 valence electrons. The number of halogens is 2. The minimum atomic E-state index is -3.55. The van der Waals surface area contributed by atoms with Crippen LogP contribution in [0.4, 0.5) is 25.8 Å². The zero-order chi connectivity index (χ0) is 18.6. The van der Waals surface area contributed by atoms with Gasteiger partial charge in [0.15, 0.2) is 0 Å². The van der Waals surface area contributed by atoms with Crippen LogP contribution in [-0.2, 0) is 14.9 Å². The summed E-state index contributed by atoms with van der Waals surface area (Å²) in [6, 6.07) is 7.77. The van der Waals surface area contributed by atoms with Crippen LogP contribution < -0.4 is 10.0 Å². The average molecular weight is 369 g/mol. The summed E-state index contributed by atoms with van der Waals surface area (Å²) >= 11 is 0. The lowest BCUT2D eigenvalue weighted by atomic mass is 10.1. The lowest BCUT2D eigenvalue weighted by Gasteiger charge is -2.15. The topological polar surface area (TPSA) is 79.8 Å². The van der Waals surface area contributed by atoms with Crippen molar-refractivity contribution < 1.29 is 22.0 Å². The molecule has 0 aliphatic heterocycles. The number of benzene rings is 2.